The Morgan fingerprint density at radius 2 is 2.18 bits per heavy atom. The van der Waals surface area contributed by atoms with Crippen molar-refractivity contribution in [2.45, 2.75) is 0 Å². The van der Waals surface area contributed by atoms with Crippen molar-refractivity contribution < 1.29 is 4.84 Å². The summed E-state index contributed by atoms with van der Waals surface area (Å²) in [6, 6.07) is 7.81. The second-order valence-corrected chi connectivity index (χ2v) is 2.79. The minimum atomic E-state index is 1.01. The molecule has 11 heavy (non-hydrogen) atoms. The van der Waals surface area contributed by atoms with Crippen LogP contribution in [0.25, 0.3) is 0 Å². The van der Waals surface area contributed by atoms with Crippen molar-refractivity contribution in [2.75, 3.05) is 7.11 Å². The zero-order chi connectivity index (χ0) is 8.10. The highest BCUT2D eigenvalue weighted by molar-refractivity contribution is 9.10. The molecule has 2 nitrogen and oxygen atoms in total. The lowest BCUT2D eigenvalue weighted by Gasteiger charge is -1.94. The van der Waals surface area contributed by atoms with Crippen molar-refractivity contribution >= 4 is 22.1 Å². The standard InChI is InChI=1S/C8H8BrNO/c1-11-10-6-7-4-2-3-5-8(7)9/h2-6H,1H3/b10-6-. The fourth-order valence-corrected chi connectivity index (χ4v) is 1.08. The maximum Gasteiger partial charge on any atom is 0.106 e. The largest absolute Gasteiger partial charge is 0.399 e. The van der Waals surface area contributed by atoms with Gasteiger partial charge in [-0.05, 0) is 6.07 Å². The molecule has 0 fully saturated rings. The molecular formula is C8H8BrNO. The Kier molecular flexibility index (Phi) is 3.11. The van der Waals surface area contributed by atoms with Crippen LogP contribution in [0.1, 0.15) is 5.56 Å². The van der Waals surface area contributed by atoms with Gasteiger partial charge in [-0.15, -0.1) is 0 Å². The van der Waals surface area contributed by atoms with E-state index in [4.69, 9.17) is 0 Å². The second kappa shape index (κ2) is 4.13. The number of hydrogen-bond donors (Lipinski definition) is 0. The molecule has 0 spiro atoms. The van der Waals surface area contributed by atoms with E-state index in [2.05, 4.69) is 25.9 Å². The van der Waals surface area contributed by atoms with Gasteiger partial charge in [0.15, 0.2) is 0 Å². The summed E-state index contributed by atoms with van der Waals surface area (Å²) in [6.45, 7) is 0. The zero-order valence-corrected chi connectivity index (χ0v) is 7.71. The fourth-order valence-electron chi connectivity index (χ4n) is 0.689. The van der Waals surface area contributed by atoms with Crippen LogP contribution in [0.3, 0.4) is 0 Å². The molecular weight excluding hydrogens is 206 g/mol. The smallest absolute Gasteiger partial charge is 0.106 e. The molecule has 58 valence electrons. The van der Waals surface area contributed by atoms with Crippen LogP contribution in [0.5, 0.6) is 0 Å². The van der Waals surface area contributed by atoms with E-state index in [0.717, 1.165) is 10.0 Å². The average Bonchev–Trinajstić information content (AvgIpc) is 2.03. The zero-order valence-electron chi connectivity index (χ0n) is 6.12. The molecule has 0 aliphatic rings. The fraction of sp³-hybridized carbons (Fsp3) is 0.125. The SMILES string of the molecule is CO/N=C\c1ccccc1Br. The van der Waals surface area contributed by atoms with Crippen LogP contribution >= 0.6 is 15.9 Å². The maximum atomic E-state index is 4.55. The number of hydrogen-bond acceptors (Lipinski definition) is 2. The van der Waals surface area contributed by atoms with E-state index in [0.29, 0.717) is 0 Å². The molecule has 1 aromatic rings. The summed E-state index contributed by atoms with van der Waals surface area (Å²) in [5, 5.41) is 3.65. The number of benzene rings is 1. The van der Waals surface area contributed by atoms with Crippen molar-refractivity contribution in [1.29, 1.82) is 0 Å². The summed E-state index contributed by atoms with van der Waals surface area (Å²) in [6.07, 6.45) is 1.66. The van der Waals surface area contributed by atoms with E-state index in [1.807, 2.05) is 24.3 Å². The van der Waals surface area contributed by atoms with Gasteiger partial charge in [0, 0.05) is 10.0 Å². The first kappa shape index (κ1) is 8.27. The van der Waals surface area contributed by atoms with E-state index < -0.39 is 0 Å². The van der Waals surface area contributed by atoms with Gasteiger partial charge in [-0.3, -0.25) is 0 Å². The topological polar surface area (TPSA) is 21.6 Å². The quantitative estimate of drug-likeness (QED) is 0.547. The Morgan fingerprint density at radius 1 is 1.45 bits per heavy atom. The number of rotatable bonds is 2. The normalized spacial score (nSPS) is 10.4. The predicted molar refractivity (Wildman–Crippen MR) is 48.7 cm³/mol. The third-order valence-electron chi connectivity index (χ3n) is 1.20. The number of halogens is 1. The van der Waals surface area contributed by atoms with E-state index in [1.165, 1.54) is 7.11 Å². The van der Waals surface area contributed by atoms with Crippen LogP contribution in [0.2, 0.25) is 0 Å². The van der Waals surface area contributed by atoms with Crippen LogP contribution in [0, 0.1) is 0 Å². The number of nitrogens with zero attached hydrogens (tertiary/aromatic N) is 1. The molecule has 0 amide bonds. The molecule has 0 aromatic heterocycles. The minimum absolute atomic E-state index is 1.01. The van der Waals surface area contributed by atoms with E-state index in [-0.39, 0.29) is 0 Å². The third kappa shape index (κ3) is 2.35. The third-order valence-corrected chi connectivity index (χ3v) is 1.92. The van der Waals surface area contributed by atoms with Crippen LogP contribution in [-0.2, 0) is 4.84 Å². The Balaban J connectivity index is 2.86. The summed E-state index contributed by atoms with van der Waals surface area (Å²) in [5.41, 5.74) is 1.01. The van der Waals surface area contributed by atoms with Crippen LogP contribution in [-0.4, -0.2) is 13.3 Å². The highest BCUT2D eigenvalue weighted by atomic mass is 79.9. The molecule has 1 rings (SSSR count). The van der Waals surface area contributed by atoms with Crippen LogP contribution < -0.4 is 0 Å². The Morgan fingerprint density at radius 3 is 2.82 bits per heavy atom. The van der Waals surface area contributed by atoms with Gasteiger partial charge >= 0.3 is 0 Å². The molecule has 0 saturated carbocycles. The van der Waals surface area contributed by atoms with Gasteiger partial charge in [0.2, 0.25) is 0 Å². The minimum Gasteiger partial charge on any atom is -0.399 e. The lowest BCUT2D eigenvalue weighted by Crippen LogP contribution is -1.82. The van der Waals surface area contributed by atoms with Crippen molar-refractivity contribution in [3.63, 3.8) is 0 Å². The molecule has 0 aliphatic heterocycles. The molecule has 0 radical (unpaired) electrons. The lowest BCUT2D eigenvalue weighted by molar-refractivity contribution is 0.215. The average molecular weight is 214 g/mol. The molecule has 1 aromatic carbocycles. The predicted octanol–water partition coefficient (Wildman–Crippen LogP) is 2.43. The highest BCUT2D eigenvalue weighted by Gasteiger charge is 1.92. The first-order valence-electron chi connectivity index (χ1n) is 3.15. The Labute approximate surface area is 74.0 Å². The van der Waals surface area contributed by atoms with E-state index in [9.17, 15) is 0 Å². The molecule has 0 bridgehead atoms. The van der Waals surface area contributed by atoms with Crippen molar-refractivity contribution in [2.24, 2.45) is 5.16 Å². The number of oxime groups is 1. The van der Waals surface area contributed by atoms with E-state index in [1.54, 1.807) is 6.21 Å². The van der Waals surface area contributed by atoms with Crippen LogP contribution in [0.15, 0.2) is 33.9 Å². The van der Waals surface area contributed by atoms with Gasteiger partial charge in [0.05, 0.1) is 6.21 Å². The van der Waals surface area contributed by atoms with Crippen molar-refractivity contribution in [3.05, 3.63) is 34.3 Å². The van der Waals surface area contributed by atoms with Gasteiger partial charge in [-0.2, -0.15) is 0 Å². The molecule has 0 unspecified atom stereocenters. The summed E-state index contributed by atoms with van der Waals surface area (Å²) >= 11 is 3.38. The molecule has 0 atom stereocenters. The molecule has 3 heteroatoms. The Bertz CT molecular complexity index is 260. The van der Waals surface area contributed by atoms with Crippen LogP contribution in [0.4, 0.5) is 0 Å². The second-order valence-electron chi connectivity index (χ2n) is 1.94. The van der Waals surface area contributed by atoms with Gasteiger partial charge in [0.1, 0.15) is 7.11 Å². The summed E-state index contributed by atoms with van der Waals surface area (Å²) in [4.78, 5) is 4.55. The summed E-state index contributed by atoms with van der Waals surface area (Å²) < 4.78 is 1.01. The van der Waals surface area contributed by atoms with Gasteiger partial charge in [0.25, 0.3) is 0 Å². The molecule has 0 aliphatic carbocycles. The van der Waals surface area contributed by atoms with Gasteiger partial charge < -0.3 is 4.84 Å². The summed E-state index contributed by atoms with van der Waals surface area (Å²) in [5.74, 6) is 0. The monoisotopic (exact) mass is 213 g/mol. The van der Waals surface area contributed by atoms with Crippen molar-refractivity contribution in [3.8, 4) is 0 Å². The first-order chi connectivity index (χ1) is 5.34. The van der Waals surface area contributed by atoms with Gasteiger partial charge in [-0.1, -0.05) is 39.3 Å². The first-order valence-corrected chi connectivity index (χ1v) is 3.95. The Hall–Kier alpha value is -0.830. The van der Waals surface area contributed by atoms with Crippen molar-refractivity contribution in [1.82, 2.24) is 0 Å². The molecule has 0 heterocycles. The lowest BCUT2D eigenvalue weighted by atomic mass is 10.2. The molecule has 0 N–H and O–H groups in total. The van der Waals surface area contributed by atoms with E-state index >= 15 is 0 Å². The highest BCUT2D eigenvalue weighted by Crippen LogP contribution is 2.13. The van der Waals surface area contributed by atoms with Gasteiger partial charge in [-0.25, -0.2) is 0 Å². The maximum absolute atomic E-state index is 4.55. The summed E-state index contributed by atoms with van der Waals surface area (Å²) in [7, 11) is 1.52. The molecule has 0 saturated heterocycles.